The normalized spacial score (nSPS) is 30.0. The van der Waals surface area contributed by atoms with E-state index in [9.17, 15) is 4.79 Å². The predicted molar refractivity (Wildman–Crippen MR) is 115 cm³/mol. The van der Waals surface area contributed by atoms with Crippen molar-refractivity contribution < 1.29 is 4.79 Å². The lowest BCUT2D eigenvalue weighted by Crippen LogP contribution is -2.66. The first-order valence-electron chi connectivity index (χ1n) is 11.2. The number of H-pyrrole nitrogens is 1. The summed E-state index contributed by atoms with van der Waals surface area (Å²) in [4.78, 5) is 20.6. The van der Waals surface area contributed by atoms with Crippen LogP contribution in [0.4, 0.5) is 0 Å². The van der Waals surface area contributed by atoms with E-state index in [0.29, 0.717) is 30.3 Å². The van der Waals surface area contributed by atoms with Crippen molar-refractivity contribution in [2.24, 2.45) is 11.8 Å². The fourth-order valence-electron chi connectivity index (χ4n) is 6.15. The van der Waals surface area contributed by atoms with Crippen LogP contribution >= 0.6 is 0 Å². The Morgan fingerprint density at radius 1 is 1.21 bits per heavy atom. The molecule has 1 aromatic carbocycles. The number of hydrogen-bond acceptors (Lipinski definition) is 4. The number of carbonyl (C=O) groups excluding carboxylic acids is 1. The third-order valence-corrected chi connectivity index (χ3v) is 7.40. The molecule has 1 aromatic heterocycles. The van der Waals surface area contributed by atoms with Gasteiger partial charge in [-0.25, -0.2) is 0 Å². The first-order valence-corrected chi connectivity index (χ1v) is 11.2. The number of nitrogens with one attached hydrogen (secondary N) is 1. The molecule has 3 fully saturated rings. The van der Waals surface area contributed by atoms with Gasteiger partial charge in [-0.05, 0) is 57.8 Å². The standard InChI is InChI=1S/C23H33N5O/c1-26(2)15-22-17-11-16(21-9-5-6-10-28(21)22)13-27(14-17)23(29)12-20-18-7-3-4-8-19(18)24-25-20/h3-4,7-8,16-17,21-22H,5-6,9-15H2,1-2H3,(H,24,25)/t16-,17+,21+,22+/m1/s1. The highest BCUT2D eigenvalue weighted by Crippen LogP contribution is 2.41. The maximum absolute atomic E-state index is 13.3. The molecule has 1 N–H and O–H groups in total. The minimum absolute atomic E-state index is 0.252. The highest BCUT2D eigenvalue weighted by molar-refractivity contribution is 5.87. The van der Waals surface area contributed by atoms with Gasteiger partial charge in [0.25, 0.3) is 0 Å². The molecule has 3 aliphatic heterocycles. The van der Waals surface area contributed by atoms with E-state index in [1.165, 1.54) is 32.2 Å². The molecule has 4 atom stereocenters. The van der Waals surface area contributed by atoms with E-state index in [2.05, 4.69) is 45.1 Å². The first kappa shape index (κ1) is 19.1. The molecule has 0 radical (unpaired) electrons. The molecule has 0 unspecified atom stereocenters. The molecule has 3 aliphatic rings. The van der Waals surface area contributed by atoms with Crippen molar-refractivity contribution in [3.63, 3.8) is 0 Å². The van der Waals surface area contributed by atoms with Crippen molar-refractivity contribution in [3.8, 4) is 0 Å². The molecule has 0 aliphatic carbocycles. The van der Waals surface area contributed by atoms with Crippen LogP contribution in [0.2, 0.25) is 0 Å². The highest BCUT2D eigenvalue weighted by atomic mass is 16.2. The number of hydrogen-bond donors (Lipinski definition) is 1. The van der Waals surface area contributed by atoms with E-state index in [0.717, 1.165) is 36.2 Å². The molecule has 156 valence electrons. The lowest BCUT2D eigenvalue weighted by molar-refractivity contribution is -0.140. The fourth-order valence-corrected chi connectivity index (χ4v) is 6.15. The van der Waals surface area contributed by atoms with E-state index in [-0.39, 0.29) is 5.91 Å². The fraction of sp³-hybridized carbons (Fsp3) is 0.652. The molecular formula is C23H33N5O. The summed E-state index contributed by atoms with van der Waals surface area (Å²) in [6, 6.07) is 9.29. The largest absolute Gasteiger partial charge is 0.342 e. The summed E-state index contributed by atoms with van der Waals surface area (Å²) in [7, 11) is 4.36. The van der Waals surface area contributed by atoms with Gasteiger partial charge in [0.05, 0.1) is 17.6 Å². The average Bonchev–Trinajstić information content (AvgIpc) is 3.14. The second kappa shape index (κ2) is 7.73. The monoisotopic (exact) mass is 395 g/mol. The van der Waals surface area contributed by atoms with Crippen LogP contribution in [0.1, 0.15) is 31.4 Å². The van der Waals surface area contributed by atoms with E-state index in [1.54, 1.807) is 0 Å². The van der Waals surface area contributed by atoms with Gasteiger partial charge in [-0.1, -0.05) is 24.6 Å². The van der Waals surface area contributed by atoms with E-state index in [4.69, 9.17) is 0 Å². The van der Waals surface area contributed by atoms with Gasteiger partial charge in [0.1, 0.15) is 0 Å². The molecule has 29 heavy (non-hydrogen) atoms. The minimum atomic E-state index is 0.252. The predicted octanol–water partition coefficient (Wildman–Crippen LogP) is 2.37. The number of para-hydroxylation sites is 1. The maximum Gasteiger partial charge on any atom is 0.228 e. The Kier molecular flexibility index (Phi) is 5.08. The summed E-state index contributed by atoms with van der Waals surface area (Å²) in [5.41, 5.74) is 1.89. The summed E-state index contributed by atoms with van der Waals surface area (Å²) in [6.45, 7) is 4.17. The molecule has 5 rings (SSSR count). The molecule has 6 heteroatoms. The van der Waals surface area contributed by atoms with E-state index < -0.39 is 0 Å². The summed E-state index contributed by atoms with van der Waals surface area (Å²) >= 11 is 0. The molecular weight excluding hydrogens is 362 g/mol. The Labute approximate surface area is 173 Å². The third-order valence-electron chi connectivity index (χ3n) is 7.40. The van der Waals surface area contributed by atoms with Crippen LogP contribution in [0.25, 0.3) is 10.9 Å². The topological polar surface area (TPSA) is 55.5 Å². The van der Waals surface area contributed by atoms with Crippen LogP contribution < -0.4 is 0 Å². The third kappa shape index (κ3) is 3.57. The number of benzene rings is 1. The Morgan fingerprint density at radius 3 is 2.90 bits per heavy atom. The number of aromatic nitrogens is 2. The van der Waals surface area contributed by atoms with E-state index >= 15 is 0 Å². The molecule has 0 spiro atoms. The van der Waals surface area contributed by atoms with Gasteiger partial charge >= 0.3 is 0 Å². The summed E-state index contributed by atoms with van der Waals surface area (Å²) < 4.78 is 0. The van der Waals surface area contributed by atoms with Crippen molar-refractivity contribution in [3.05, 3.63) is 30.0 Å². The van der Waals surface area contributed by atoms with Gasteiger partial charge in [-0.3, -0.25) is 14.8 Å². The van der Waals surface area contributed by atoms with Gasteiger partial charge < -0.3 is 9.80 Å². The Hall–Kier alpha value is -1.92. The van der Waals surface area contributed by atoms with Crippen LogP contribution in [0.15, 0.2) is 24.3 Å². The van der Waals surface area contributed by atoms with Crippen molar-refractivity contribution in [2.75, 3.05) is 40.3 Å². The van der Waals surface area contributed by atoms with Gasteiger partial charge in [0.2, 0.25) is 5.91 Å². The number of aromatic amines is 1. The molecule has 6 nitrogen and oxygen atoms in total. The number of carbonyl (C=O) groups is 1. The van der Waals surface area contributed by atoms with Gasteiger partial charge in [-0.2, -0.15) is 5.10 Å². The molecule has 4 heterocycles. The summed E-state index contributed by atoms with van der Waals surface area (Å²) in [5, 5.41) is 8.54. The number of piperidine rings is 3. The number of fused-ring (bicyclic) bond motifs is 5. The molecule has 0 saturated carbocycles. The Morgan fingerprint density at radius 2 is 2.03 bits per heavy atom. The Bertz CT molecular complexity index is 877. The molecule has 2 bridgehead atoms. The minimum Gasteiger partial charge on any atom is -0.342 e. The summed E-state index contributed by atoms with van der Waals surface area (Å²) in [5.74, 6) is 1.48. The smallest absolute Gasteiger partial charge is 0.228 e. The number of amides is 1. The van der Waals surface area contributed by atoms with Crippen LogP contribution in [-0.2, 0) is 11.2 Å². The zero-order chi connectivity index (χ0) is 20.0. The molecule has 1 amide bonds. The van der Waals surface area contributed by atoms with E-state index in [1.807, 2.05) is 18.2 Å². The van der Waals surface area contributed by atoms with Crippen molar-refractivity contribution in [1.29, 1.82) is 0 Å². The van der Waals surface area contributed by atoms with Crippen LogP contribution in [0.3, 0.4) is 0 Å². The van der Waals surface area contributed by atoms with Crippen molar-refractivity contribution in [1.82, 2.24) is 24.9 Å². The average molecular weight is 396 g/mol. The zero-order valence-electron chi connectivity index (χ0n) is 17.7. The van der Waals surface area contributed by atoms with Gasteiger partial charge in [-0.15, -0.1) is 0 Å². The summed E-state index contributed by atoms with van der Waals surface area (Å²) in [6.07, 6.45) is 5.68. The molecule has 3 saturated heterocycles. The van der Waals surface area contributed by atoms with Gasteiger partial charge in [0, 0.05) is 37.1 Å². The van der Waals surface area contributed by atoms with Crippen LogP contribution in [0.5, 0.6) is 0 Å². The number of likely N-dealkylation sites (N-methyl/N-ethyl adjacent to an activating group) is 1. The van der Waals surface area contributed by atoms with Gasteiger partial charge in [0.15, 0.2) is 0 Å². The highest BCUT2D eigenvalue weighted by Gasteiger charge is 2.47. The van der Waals surface area contributed by atoms with Crippen LogP contribution in [-0.4, -0.2) is 83.2 Å². The second-order valence-electron chi connectivity index (χ2n) is 9.58. The lowest BCUT2D eigenvalue weighted by Gasteiger charge is -2.57. The quantitative estimate of drug-likeness (QED) is 0.864. The van der Waals surface area contributed by atoms with Crippen molar-refractivity contribution in [2.45, 2.75) is 44.2 Å². The van der Waals surface area contributed by atoms with Crippen molar-refractivity contribution >= 4 is 16.8 Å². The zero-order valence-corrected chi connectivity index (χ0v) is 17.7. The van der Waals surface area contributed by atoms with Crippen LogP contribution in [0, 0.1) is 11.8 Å². The number of nitrogens with zero attached hydrogens (tertiary/aromatic N) is 4. The second-order valence-corrected chi connectivity index (χ2v) is 9.58. The lowest BCUT2D eigenvalue weighted by atomic mass is 9.72. The first-order chi connectivity index (χ1) is 14.1. The number of likely N-dealkylation sites (tertiary alicyclic amines) is 1. The number of rotatable bonds is 4. The maximum atomic E-state index is 13.3. The Balaban J connectivity index is 1.35. The molecule has 2 aromatic rings. The SMILES string of the molecule is CN(C)C[C@H]1[C@H]2C[C@H](CN(C(=O)Cc3[nH]nc4ccccc34)C2)[C@@H]2CCCCN21.